The van der Waals surface area contributed by atoms with E-state index in [-0.39, 0.29) is 11.5 Å². The SMILES string of the molecule is CO[C@@H](C)c1cccc(C(C)(C)C)n1. The molecule has 1 aromatic rings. The fourth-order valence-corrected chi connectivity index (χ4v) is 1.22. The first kappa shape index (κ1) is 11.2. The monoisotopic (exact) mass is 193 g/mol. The number of hydrogen-bond acceptors (Lipinski definition) is 2. The van der Waals surface area contributed by atoms with E-state index in [1.807, 2.05) is 19.1 Å². The van der Waals surface area contributed by atoms with Gasteiger partial charge in [0.25, 0.3) is 0 Å². The molecule has 78 valence electrons. The maximum Gasteiger partial charge on any atom is 0.0962 e. The van der Waals surface area contributed by atoms with Gasteiger partial charge in [-0.25, -0.2) is 0 Å². The first-order valence-corrected chi connectivity index (χ1v) is 4.95. The van der Waals surface area contributed by atoms with Crippen LogP contribution in [-0.4, -0.2) is 12.1 Å². The van der Waals surface area contributed by atoms with Crippen molar-refractivity contribution in [2.24, 2.45) is 0 Å². The van der Waals surface area contributed by atoms with E-state index in [1.54, 1.807) is 7.11 Å². The van der Waals surface area contributed by atoms with E-state index < -0.39 is 0 Å². The van der Waals surface area contributed by atoms with E-state index in [4.69, 9.17) is 4.74 Å². The molecular weight excluding hydrogens is 174 g/mol. The molecule has 0 saturated heterocycles. The Bertz CT molecular complexity index is 301. The van der Waals surface area contributed by atoms with Crippen LogP contribution in [-0.2, 0) is 10.2 Å². The average Bonchev–Trinajstić information content (AvgIpc) is 2.15. The molecule has 0 aliphatic rings. The van der Waals surface area contributed by atoms with Gasteiger partial charge in [0, 0.05) is 18.2 Å². The topological polar surface area (TPSA) is 22.1 Å². The molecule has 2 heteroatoms. The minimum atomic E-state index is 0.0669. The van der Waals surface area contributed by atoms with E-state index >= 15 is 0 Å². The quantitative estimate of drug-likeness (QED) is 0.720. The molecule has 0 spiro atoms. The molecule has 0 fully saturated rings. The normalized spacial score (nSPS) is 14.1. The Morgan fingerprint density at radius 3 is 2.43 bits per heavy atom. The highest BCUT2D eigenvalue weighted by atomic mass is 16.5. The van der Waals surface area contributed by atoms with Crippen molar-refractivity contribution in [2.45, 2.75) is 39.2 Å². The van der Waals surface area contributed by atoms with Crippen molar-refractivity contribution in [3.05, 3.63) is 29.6 Å². The number of pyridine rings is 1. The lowest BCUT2D eigenvalue weighted by Gasteiger charge is -2.19. The second-order valence-electron chi connectivity index (χ2n) is 4.58. The molecule has 0 amide bonds. The Hall–Kier alpha value is -0.890. The molecule has 0 unspecified atom stereocenters. The lowest BCUT2D eigenvalue weighted by Crippen LogP contribution is -2.15. The summed E-state index contributed by atoms with van der Waals surface area (Å²) >= 11 is 0. The lowest BCUT2D eigenvalue weighted by atomic mass is 9.91. The molecule has 0 saturated carbocycles. The Labute approximate surface area is 86.3 Å². The molecule has 0 aliphatic carbocycles. The molecule has 1 aromatic heterocycles. The van der Waals surface area contributed by atoms with Gasteiger partial charge in [0.2, 0.25) is 0 Å². The first-order valence-electron chi connectivity index (χ1n) is 4.95. The van der Waals surface area contributed by atoms with Gasteiger partial charge in [0.05, 0.1) is 11.8 Å². The van der Waals surface area contributed by atoms with E-state index in [0.29, 0.717) is 0 Å². The molecule has 1 heterocycles. The summed E-state index contributed by atoms with van der Waals surface area (Å²) < 4.78 is 5.24. The Morgan fingerprint density at radius 1 is 1.29 bits per heavy atom. The number of aromatic nitrogens is 1. The van der Waals surface area contributed by atoms with E-state index in [9.17, 15) is 0 Å². The molecule has 0 aliphatic heterocycles. The van der Waals surface area contributed by atoms with Crippen LogP contribution >= 0.6 is 0 Å². The van der Waals surface area contributed by atoms with Crippen LogP contribution in [0, 0.1) is 0 Å². The minimum Gasteiger partial charge on any atom is -0.375 e. The summed E-state index contributed by atoms with van der Waals surface area (Å²) in [4.78, 5) is 4.59. The summed E-state index contributed by atoms with van der Waals surface area (Å²) in [7, 11) is 1.70. The number of ether oxygens (including phenoxy) is 1. The van der Waals surface area contributed by atoms with Crippen molar-refractivity contribution in [1.82, 2.24) is 4.98 Å². The third kappa shape index (κ3) is 2.55. The second-order valence-corrected chi connectivity index (χ2v) is 4.58. The molecule has 2 nitrogen and oxygen atoms in total. The average molecular weight is 193 g/mol. The fraction of sp³-hybridized carbons (Fsp3) is 0.583. The largest absolute Gasteiger partial charge is 0.375 e. The van der Waals surface area contributed by atoms with Crippen LogP contribution in [0.4, 0.5) is 0 Å². The van der Waals surface area contributed by atoms with Crippen LogP contribution in [0.5, 0.6) is 0 Å². The van der Waals surface area contributed by atoms with Crippen LogP contribution in [0.25, 0.3) is 0 Å². The molecule has 1 rings (SSSR count). The first-order chi connectivity index (χ1) is 6.45. The van der Waals surface area contributed by atoms with Crippen molar-refractivity contribution in [1.29, 1.82) is 0 Å². The van der Waals surface area contributed by atoms with E-state index in [0.717, 1.165) is 11.4 Å². The number of hydrogen-bond donors (Lipinski definition) is 0. The Balaban J connectivity index is 3.01. The van der Waals surface area contributed by atoms with Crippen LogP contribution < -0.4 is 0 Å². The van der Waals surface area contributed by atoms with Crippen molar-refractivity contribution < 1.29 is 4.74 Å². The van der Waals surface area contributed by atoms with E-state index in [2.05, 4.69) is 31.8 Å². The molecule has 0 N–H and O–H groups in total. The third-order valence-electron chi connectivity index (χ3n) is 2.31. The molecular formula is C12H19NO. The molecule has 14 heavy (non-hydrogen) atoms. The summed E-state index contributed by atoms with van der Waals surface area (Å²) in [6.45, 7) is 8.50. The van der Waals surface area contributed by atoms with Gasteiger partial charge >= 0.3 is 0 Å². The zero-order valence-electron chi connectivity index (χ0n) is 9.66. The summed E-state index contributed by atoms with van der Waals surface area (Å²) in [5.74, 6) is 0. The Morgan fingerprint density at radius 2 is 1.93 bits per heavy atom. The van der Waals surface area contributed by atoms with Gasteiger partial charge in [0.1, 0.15) is 0 Å². The summed E-state index contributed by atoms with van der Waals surface area (Å²) in [5.41, 5.74) is 2.21. The minimum absolute atomic E-state index is 0.0669. The van der Waals surface area contributed by atoms with Crippen molar-refractivity contribution in [3.8, 4) is 0 Å². The van der Waals surface area contributed by atoms with Crippen LogP contribution in [0.15, 0.2) is 18.2 Å². The maximum atomic E-state index is 5.24. The molecule has 0 radical (unpaired) electrons. The Kier molecular flexibility index (Phi) is 3.27. The van der Waals surface area contributed by atoms with Crippen LogP contribution in [0.1, 0.15) is 45.2 Å². The van der Waals surface area contributed by atoms with Crippen molar-refractivity contribution in [3.63, 3.8) is 0 Å². The second kappa shape index (κ2) is 4.09. The summed E-state index contributed by atoms with van der Waals surface area (Å²) in [6.07, 6.45) is 0.0669. The number of rotatable bonds is 2. The van der Waals surface area contributed by atoms with Gasteiger partial charge in [0.15, 0.2) is 0 Å². The van der Waals surface area contributed by atoms with Gasteiger partial charge in [-0.2, -0.15) is 0 Å². The van der Waals surface area contributed by atoms with Gasteiger partial charge in [-0.15, -0.1) is 0 Å². The van der Waals surface area contributed by atoms with Gasteiger partial charge in [-0.1, -0.05) is 26.8 Å². The lowest BCUT2D eigenvalue weighted by molar-refractivity contribution is 0.115. The zero-order valence-corrected chi connectivity index (χ0v) is 9.66. The zero-order chi connectivity index (χ0) is 10.8. The van der Waals surface area contributed by atoms with Gasteiger partial charge in [-0.05, 0) is 19.1 Å². The van der Waals surface area contributed by atoms with Crippen molar-refractivity contribution in [2.75, 3.05) is 7.11 Å². The smallest absolute Gasteiger partial charge is 0.0962 e. The molecule has 0 aromatic carbocycles. The van der Waals surface area contributed by atoms with Gasteiger partial charge < -0.3 is 4.74 Å². The maximum absolute atomic E-state index is 5.24. The molecule has 0 bridgehead atoms. The fourth-order valence-electron chi connectivity index (χ4n) is 1.22. The summed E-state index contributed by atoms with van der Waals surface area (Å²) in [6, 6.07) is 6.10. The number of nitrogens with zero attached hydrogens (tertiary/aromatic N) is 1. The van der Waals surface area contributed by atoms with Crippen LogP contribution in [0.2, 0.25) is 0 Å². The van der Waals surface area contributed by atoms with Crippen molar-refractivity contribution >= 4 is 0 Å². The number of methoxy groups -OCH3 is 1. The summed E-state index contributed by atoms with van der Waals surface area (Å²) in [5, 5.41) is 0. The highest BCUT2D eigenvalue weighted by Crippen LogP contribution is 2.22. The highest BCUT2D eigenvalue weighted by molar-refractivity contribution is 5.18. The third-order valence-corrected chi connectivity index (χ3v) is 2.31. The molecule has 1 atom stereocenters. The van der Waals surface area contributed by atoms with Crippen LogP contribution in [0.3, 0.4) is 0 Å². The predicted octanol–water partition coefficient (Wildman–Crippen LogP) is 3.09. The predicted molar refractivity (Wildman–Crippen MR) is 58.4 cm³/mol. The van der Waals surface area contributed by atoms with Gasteiger partial charge in [-0.3, -0.25) is 4.98 Å². The van der Waals surface area contributed by atoms with E-state index in [1.165, 1.54) is 0 Å². The standard InChI is InChI=1S/C12H19NO/c1-9(14-5)10-7-6-8-11(13-10)12(2,3)4/h6-9H,1-5H3/t9-/m0/s1. The highest BCUT2D eigenvalue weighted by Gasteiger charge is 2.16.